The van der Waals surface area contributed by atoms with Crippen molar-refractivity contribution < 1.29 is 19.0 Å². The first kappa shape index (κ1) is 26.1. The maximum absolute atomic E-state index is 15.6. The van der Waals surface area contributed by atoms with E-state index in [0.717, 1.165) is 36.1 Å². The van der Waals surface area contributed by atoms with Crippen LogP contribution in [0.15, 0.2) is 40.3 Å². The molecule has 0 spiro atoms. The van der Waals surface area contributed by atoms with Gasteiger partial charge in [-0.15, -0.1) is 11.3 Å². The van der Waals surface area contributed by atoms with Crippen LogP contribution in [0.4, 0.5) is 4.39 Å². The number of carbonyl (C=O) groups is 1. The molecular weight excluding hydrogens is 509 g/mol. The lowest BCUT2D eigenvalue weighted by Gasteiger charge is -2.38. The molecule has 188 valence electrons. The molecule has 10 heteroatoms. The highest BCUT2D eigenvalue weighted by Gasteiger charge is 2.31. The molecule has 1 N–H and O–H groups in total. The number of likely N-dealkylation sites (tertiary alicyclic amines) is 1. The topological polar surface area (TPSA) is 75.5 Å². The fourth-order valence-corrected chi connectivity index (χ4v) is 6.83. The van der Waals surface area contributed by atoms with Crippen molar-refractivity contribution in [3.8, 4) is 5.75 Å². The second-order valence-electron chi connectivity index (χ2n) is 8.80. The Morgan fingerprint density at radius 2 is 2.26 bits per heavy atom. The Labute approximate surface area is 217 Å². The lowest BCUT2D eigenvalue weighted by molar-refractivity contribution is -0.139. The van der Waals surface area contributed by atoms with Gasteiger partial charge in [-0.25, -0.2) is 9.37 Å². The average molecular weight is 538 g/mol. The number of carboxylic acid groups (broad SMARTS) is 1. The fraction of sp³-hybridized carbons (Fsp3) is 0.480. The lowest BCUT2D eigenvalue weighted by atomic mass is 9.79. The third-order valence-corrected chi connectivity index (χ3v) is 8.87. The van der Waals surface area contributed by atoms with E-state index >= 15 is 4.39 Å². The van der Waals surface area contributed by atoms with Gasteiger partial charge < -0.3 is 14.7 Å². The summed E-state index contributed by atoms with van der Waals surface area (Å²) >= 11 is 9.74. The van der Waals surface area contributed by atoms with E-state index in [2.05, 4.69) is 14.9 Å². The Balaban J connectivity index is 1.39. The van der Waals surface area contributed by atoms with Gasteiger partial charge in [-0.05, 0) is 55.8 Å². The molecule has 35 heavy (non-hydrogen) atoms. The smallest absolute Gasteiger partial charge is 0.303 e. The molecule has 1 aliphatic rings. The summed E-state index contributed by atoms with van der Waals surface area (Å²) < 4.78 is 22.0. The molecule has 0 radical (unpaired) electrons. The maximum atomic E-state index is 15.6. The molecule has 3 atom stereocenters. The van der Waals surface area contributed by atoms with Gasteiger partial charge in [0.15, 0.2) is 0 Å². The van der Waals surface area contributed by atoms with Crippen molar-refractivity contribution in [2.24, 2.45) is 11.8 Å². The Kier molecular flexibility index (Phi) is 9.21. The number of pyridine rings is 1. The van der Waals surface area contributed by atoms with Gasteiger partial charge in [0.05, 0.1) is 17.6 Å². The van der Waals surface area contributed by atoms with Crippen LogP contribution in [0.3, 0.4) is 0 Å². The van der Waals surface area contributed by atoms with Crippen LogP contribution in [-0.4, -0.2) is 58.4 Å². The summed E-state index contributed by atoms with van der Waals surface area (Å²) in [6, 6.07) is 5.36. The summed E-state index contributed by atoms with van der Waals surface area (Å²) in [5, 5.41) is 12.4. The number of aromatic nitrogens is 2. The minimum atomic E-state index is -1.27. The lowest BCUT2D eigenvalue weighted by Crippen LogP contribution is -2.42. The Morgan fingerprint density at radius 3 is 3.00 bits per heavy atom. The van der Waals surface area contributed by atoms with Crippen molar-refractivity contribution in [1.82, 2.24) is 14.9 Å². The van der Waals surface area contributed by atoms with Gasteiger partial charge >= 0.3 is 5.97 Å². The first-order valence-electron chi connectivity index (χ1n) is 11.7. The van der Waals surface area contributed by atoms with Crippen LogP contribution in [-0.2, 0) is 4.79 Å². The number of hydrogen-bond donors (Lipinski definition) is 1. The minimum Gasteiger partial charge on any atom is -0.497 e. The van der Waals surface area contributed by atoms with E-state index in [9.17, 15) is 9.90 Å². The number of benzene rings is 1. The number of hydrogen-bond acceptors (Lipinski definition) is 7. The van der Waals surface area contributed by atoms with Crippen LogP contribution in [0.25, 0.3) is 10.9 Å². The van der Waals surface area contributed by atoms with Crippen LogP contribution in [0.5, 0.6) is 5.75 Å². The monoisotopic (exact) mass is 537 g/mol. The standard InChI is InChI=1S/C25H29ClFN3O3S2/c1-33-18-3-5-22-19(13-18)24(20(26)14-29-22)21(27)4-2-16-6-8-30(15-17(16)12-23(31)32)9-11-35-25-28-7-10-34-25/h3,5,7,10,13-14,16-17,21H,2,4,6,8-9,11-12,15H2,1H3,(H,31,32)/t16-,17+,21+/m1/s1. The number of thioether (sulfide) groups is 1. The predicted octanol–water partition coefficient (Wildman–Crippen LogP) is 6.35. The molecule has 0 bridgehead atoms. The van der Waals surface area contributed by atoms with Gasteiger partial charge in [0.1, 0.15) is 16.3 Å². The van der Waals surface area contributed by atoms with E-state index < -0.39 is 12.1 Å². The predicted molar refractivity (Wildman–Crippen MR) is 140 cm³/mol. The van der Waals surface area contributed by atoms with E-state index in [1.807, 2.05) is 5.38 Å². The summed E-state index contributed by atoms with van der Waals surface area (Å²) in [4.78, 5) is 22.5. The van der Waals surface area contributed by atoms with Crippen molar-refractivity contribution in [3.05, 3.63) is 46.6 Å². The number of ether oxygens (including phenoxy) is 1. The zero-order valence-electron chi connectivity index (χ0n) is 19.5. The van der Waals surface area contributed by atoms with Crippen molar-refractivity contribution in [3.63, 3.8) is 0 Å². The number of fused-ring (bicyclic) bond motifs is 1. The van der Waals surface area contributed by atoms with Gasteiger partial charge in [-0.1, -0.05) is 23.4 Å². The number of alkyl halides is 1. The second kappa shape index (κ2) is 12.3. The number of aliphatic carboxylic acids is 1. The highest BCUT2D eigenvalue weighted by Crippen LogP contribution is 2.39. The first-order valence-corrected chi connectivity index (χ1v) is 13.9. The molecule has 0 saturated carbocycles. The Bertz CT molecular complexity index is 1130. The third kappa shape index (κ3) is 6.84. The van der Waals surface area contributed by atoms with Crippen LogP contribution in [0.1, 0.15) is 37.4 Å². The van der Waals surface area contributed by atoms with Crippen LogP contribution in [0.2, 0.25) is 5.02 Å². The van der Waals surface area contributed by atoms with Gasteiger partial charge in [0, 0.05) is 54.0 Å². The molecule has 1 aromatic carbocycles. The molecule has 2 aromatic heterocycles. The number of piperidine rings is 1. The first-order chi connectivity index (χ1) is 16.9. The van der Waals surface area contributed by atoms with E-state index in [0.29, 0.717) is 33.7 Å². The summed E-state index contributed by atoms with van der Waals surface area (Å²) in [5.74, 6) is 0.904. The van der Waals surface area contributed by atoms with E-state index in [-0.39, 0.29) is 24.7 Å². The van der Waals surface area contributed by atoms with Crippen molar-refractivity contribution in [2.75, 3.05) is 32.5 Å². The fourth-order valence-electron chi connectivity index (χ4n) is 4.86. The van der Waals surface area contributed by atoms with Crippen molar-refractivity contribution in [2.45, 2.75) is 36.2 Å². The Hall–Kier alpha value is -1.94. The molecule has 1 aliphatic heterocycles. The number of carboxylic acids is 1. The van der Waals surface area contributed by atoms with Crippen molar-refractivity contribution >= 4 is 51.6 Å². The van der Waals surface area contributed by atoms with Gasteiger partial charge in [0.2, 0.25) is 0 Å². The highest BCUT2D eigenvalue weighted by molar-refractivity contribution is 8.01. The SMILES string of the molecule is COc1ccc2ncc(Cl)c([C@@H](F)CC[C@@H]3CCN(CCSc4nccs4)C[C@@H]3CC(=O)O)c2c1. The molecule has 1 fully saturated rings. The molecule has 3 aromatic rings. The quantitative estimate of drug-likeness (QED) is 0.286. The number of rotatable bonds is 11. The summed E-state index contributed by atoms with van der Waals surface area (Å²) in [5.41, 5.74) is 1.10. The molecule has 3 heterocycles. The van der Waals surface area contributed by atoms with Crippen LogP contribution >= 0.6 is 34.7 Å². The van der Waals surface area contributed by atoms with Gasteiger partial charge in [-0.3, -0.25) is 9.78 Å². The van der Waals surface area contributed by atoms with E-state index in [4.69, 9.17) is 16.3 Å². The number of methoxy groups -OCH3 is 1. The van der Waals surface area contributed by atoms with Crippen molar-refractivity contribution in [1.29, 1.82) is 0 Å². The van der Waals surface area contributed by atoms with Gasteiger partial charge in [0.25, 0.3) is 0 Å². The summed E-state index contributed by atoms with van der Waals surface area (Å²) in [7, 11) is 1.57. The van der Waals surface area contributed by atoms with Crippen LogP contribution in [0, 0.1) is 11.8 Å². The summed E-state index contributed by atoms with van der Waals surface area (Å²) in [6.45, 7) is 2.51. The molecule has 0 aliphatic carbocycles. The zero-order valence-corrected chi connectivity index (χ0v) is 21.9. The minimum absolute atomic E-state index is 0.00284. The maximum Gasteiger partial charge on any atom is 0.303 e. The largest absolute Gasteiger partial charge is 0.497 e. The molecule has 0 unspecified atom stereocenters. The number of nitrogens with zero attached hydrogens (tertiary/aromatic N) is 3. The number of halogens is 2. The molecule has 4 rings (SSSR count). The molecule has 0 amide bonds. The molecule has 6 nitrogen and oxygen atoms in total. The zero-order chi connectivity index (χ0) is 24.8. The molecule has 1 saturated heterocycles. The number of thiazole rings is 1. The van der Waals surface area contributed by atoms with Gasteiger partial charge in [-0.2, -0.15) is 0 Å². The average Bonchev–Trinajstić information content (AvgIpc) is 3.36. The van der Waals surface area contributed by atoms with E-state index in [1.165, 1.54) is 6.20 Å². The highest BCUT2D eigenvalue weighted by atomic mass is 35.5. The molecular formula is C25H29ClFN3O3S2. The summed E-state index contributed by atoms with van der Waals surface area (Å²) in [6.07, 6.45) is 3.91. The normalized spacial score (nSPS) is 19.6. The van der Waals surface area contributed by atoms with Crippen LogP contribution < -0.4 is 4.74 Å². The Morgan fingerprint density at radius 1 is 1.40 bits per heavy atom. The third-order valence-electron chi connectivity index (χ3n) is 6.63. The second-order valence-corrected chi connectivity index (χ2v) is 11.4. The van der Waals surface area contributed by atoms with E-state index in [1.54, 1.807) is 54.6 Å².